The Balaban J connectivity index is 1.31. The average molecular weight is 533 g/mol. The lowest BCUT2D eigenvalue weighted by molar-refractivity contribution is -0.114. The number of carbonyl (C=O) groups excluding carboxylic acids is 1. The molecular weight excluding hydrogens is 499 g/mol. The number of nitrogens with zero attached hydrogens (tertiary/aromatic N) is 4. The van der Waals surface area contributed by atoms with Crippen molar-refractivity contribution in [1.29, 1.82) is 0 Å². The summed E-state index contributed by atoms with van der Waals surface area (Å²) in [6, 6.07) is 13.1. The van der Waals surface area contributed by atoms with Gasteiger partial charge in [-0.2, -0.15) is 4.98 Å². The molecule has 39 heavy (non-hydrogen) atoms. The summed E-state index contributed by atoms with van der Waals surface area (Å²) in [5.74, 6) is 0.364. The first-order chi connectivity index (χ1) is 18.9. The third kappa shape index (κ3) is 6.18. The van der Waals surface area contributed by atoms with Gasteiger partial charge in [-0.15, -0.1) is 0 Å². The van der Waals surface area contributed by atoms with E-state index in [-0.39, 0.29) is 23.1 Å². The van der Waals surface area contributed by atoms with Gasteiger partial charge in [0.1, 0.15) is 12.4 Å². The molecule has 1 aromatic heterocycles. The largest absolute Gasteiger partial charge is 0.491 e. The van der Waals surface area contributed by atoms with Gasteiger partial charge >= 0.3 is 0 Å². The number of hydrogen-bond donors (Lipinski definition) is 2. The number of methoxy groups -OCH3 is 1. The summed E-state index contributed by atoms with van der Waals surface area (Å²) in [5.41, 5.74) is 3.44. The van der Waals surface area contributed by atoms with Gasteiger partial charge in [0.05, 0.1) is 12.8 Å². The third-order valence-electron chi connectivity index (χ3n) is 6.84. The maximum atomic E-state index is 14.7. The number of fused-ring (bicyclic) bond motifs is 2. The molecule has 3 aromatic rings. The molecule has 2 N–H and O–H groups in total. The third-order valence-corrected chi connectivity index (χ3v) is 6.84. The highest BCUT2D eigenvalue weighted by molar-refractivity contribution is 6.04. The standard InChI is InChI=1S/C29H33FN6O3/c1-35(2)14-4-5-26(37)36-19-29(12-13-29)23-11-8-21(17-25(23)36)32-27-24(30)18-31-28(34-27)33-20-6-9-22(10-7-20)39-16-15-38-3/h4-11,17-18H,12-16,19H2,1-3H3,(H2,31,32,33,34). The number of rotatable bonds is 11. The van der Waals surface area contributed by atoms with Gasteiger partial charge in [0.25, 0.3) is 5.91 Å². The molecule has 0 atom stereocenters. The van der Waals surface area contributed by atoms with E-state index < -0.39 is 5.82 Å². The van der Waals surface area contributed by atoms with Crippen LogP contribution in [0.3, 0.4) is 0 Å². The molecular formula is C29H33FN6O3. The minimum atomic E-state index is -0.582. The van der Waals surface area contributed by atoms with Crippen molar-refractivity contribution < 1.29 is 18.7 Å². The zero-order chi connectivity index (χ0) is 27.4. The fraction of sp³-hybridized carbons (Fsp3) is 0.345. The molecule has 0 saturated heterocycles. The lowest BCUT2D eigenvalue weighted by Crippen LogP contribution is -2.30. The summed E-state index contributed by atoms with van der Waals surface area (Å²) < 4.78 is 25.3. The van der Waals surface area contributed by atoms with Crippen molar-refractivity contribution >= 4 is 34.7 Å². The Morgan fingerprint density at radius 1 is 1.13 bits per heavy atom. The Hall–Kier alpha value is -4.02. The highest BCUT2D eigenvalue weighted by Gasteiger charge is 2.52. The molecule has 1 amide bonds. The minimum Gasteiger partial charge on any atom is -0.491 e. The molecule has 204 valence electrons. The molecule has 0 bridgehead atoms. The molecule has 2 aromatic carbocycles. The highest BCUT2D eigenvalue weighted by atomic mass is 19.1. The van der Waals surface area contributed by atoms with E-state index in [4.69, 9.17) is 9.47 Å². The van der Waals surface area contributed by atoms with Gasteiger partial charge in [-0.3, -0.25) is 4.79 Å². The number of halogens is 1. The number of anilines is 5. The second kappa shape index (κ2) is 11.4. The summed E-state index contributed by atoms with van der Waals surface area (Å²) in [5, 5.41) is 6.16. The van der Waals surface area contributed by atoms with Crippen molar-refractivity contribution in [2.45, 2.75) is 18.3 Å². The number of ether oxygens (including phenoxy) is 2. The van der Waals surface area contributed by atoms with Crippen molar-refractivity contribution in [1.82, 2.24) is 14.9 Å². The van der Waals surface area contributed by atoms with E-state index in [2.05, 4.69) is 20.6 Å². The zero-order valence-corrected chi connectivity index (χ0v) is 22.4. The van der Waals surface area contributed by atoms with Gasteiger partial charge in [-0.25, -0.2) is 9.37 Å². The summed E-state index contributed by atoms with van der Waals surface area (Å²) >= 11 is 0. The normalized spacial score (nSPS) is 15.2. The van der Waals surface area contributed by atoms with Crippen LogP contribution in [0.25, 0.3) is 0 Å². The van der Waals surface area contributed by atoms with Crippen molar-refractivity contribution in [2.24, 2.45) is 0 Å². The monoisotopic (exact) mass is 532 g/mol. The first-order valence-corrected chi connectivity index (χ1v) is 12.9. The van der Waals surface area contributed by atoms with E-state index in [1.165, 1.54) is 5.56 Å². The predicted molar refractivity (Wildman–Crippen MR) is 150 cm³/mol. The van der Waals surface area contributed by atoms with Crippen LogP contribution in [-0.2, 0) is 14.9 Å². The molecule has 1 aliphatic carbocycles. The van der Waals surface area contributed by atoms with Crippen molar-refractivity contribution in [3.63, 3.8) is 0 Å². The Labute approximate surface area is 227 Å². The molecule has 9 nitrogen and oxygen atoms in total. The number of nitrogens with one attached hydrogen (secondary N) is 2. The topological polar surface area (TPSA) is 91.8 Å². The lowest BCUT2D eigenvalue weighted by Gasteiger charge is -2.17. The fourth-order valence-electron chi connectivity index (χ4n) is 4.64. The average Bonchev–Trinajstić information content (AvgIpc) is 3.63. The van der Waals surface area contributed by atoms with E-state index in [0.29, 0.717) is 37.7 Å². The number of aromatic nitrogens is 2. The predicted octanol–water partition coefficient (Wildman–Crippen LogP) is 4.62. The summed E-state index contributed by atoms with van der Waals surface area (Å²) in [4.78, 5) is 25.3. The van der Waals surface area contributed by atoms with E-state index >= 15 is 0 Å². The van der Waals surface area contributed by atoms with Crippen LogP contribution >= 0.6 is 0 Å². The van der Waals surface area contributed by atoms with Gasteiger partial charge < -0.3 is 29.9 Å². The molecule has 0 radical (unpaired) electrons. The van der Waals surface area contributed by atoms with Gasteiger partial charge in [0.2, 0.25) is 5.95 Å². The molecule has 1 aliphatic heterocycles. The van der Waals surface area contributed by atoms with Crippen LogP contribution < -0.4 is 20.3 Å². The van der Waals surface area contributed by atoms with E-state index in [1.807, 2.05) is 72.4 Å². The van der Waals surface area contributed by atoms with Crippen LogP contribution in [0.1, 0.15) is 18.4 Å². The fourth-order valence-corrected chi connectivity index (χ4v) is 4.64. The lowest BCUT2D eigenvalue weighted by atomic mass is 9.98. The SMILES string of the molecule is COCCOc1ccc(Nc2ncc(F)c(Nc3ccc4c(c3)N(C(=O)C=CCN(C)C)CC43CC3)n2)cc1. The Morgan fingerprint density at radius 3 is 2.62 bits per heavy atom. The Bertz CT molecular complexity index is 1360. The maximum absolute atomic E-state index is 14.7. The molecule has 5 rings (SSSR count). The Kier molecular flexibility index (Phi) is 7.76. The first-order valence-electron chi connectivity index (χ1n) is 12.9. The summed E-state index contributed by atoms with van der Waals surface area (Å²) in [6.07, 6.45) is 6.75. The van der Waals surface area contributed by atoms with Crippen LogP contribution in [0.15, 0.2) is 60.8 Å². The molecule has 0 unspecified atom stereocenters. The quantitative estimate of drug-likeness (QED) is 0.273. The number of amides is 1. The molecule has 1 saturated carbocycles. The second-order valence-corrected chi connectivity index (χ2v) is 10.1. The van der Waals surface area contributed by atoms with Crippen LogP contribution in [0, 0.1) is 5.82 Å². The first kappa shape index (κ1) is 26.6. The zero-order valence-electron chi connectivity index (χ0n) is 22.4. The number of hydrogen-bond acceptors (Lipinski definition) is 8. The Morgan fingerprint density at radius 2 is 1.90 bits per heavy atom. The van der Waals surface area contributed by atoms with Gasteiger partial charge in [-0.1, -0.05) is 12.1 Å². The summed E-state index contributed by atoms with van der Waals surface area (Å²) in [6.45, 7) is 2.33. The van der Waals surface area contributed by atoms with Gasteiger partial charge in [0.15, 0.2) is 11.6 Å². The highest BCUT2D eigenvalue weighted by Crippen LogP contribution is 2.57. The molecule has 1 fully saturated rings. The van der Waals surface area contributed by atoms with Crippen molar-refractivity contribution in [3.8, 4) is 5.75 Å². The van der Waals surface area contributed by atoms with E-state index in [0.717, 1.165) is 30.4 Å². The van der Waals surface area contributed by atoms with Gasteiger partial charge in [-0.05, 0) is 68.9 Å². The summed E-state index contributed by atoms with van der Waals surface area (Å²) in [7, 11) is 5.54. The van der Waals surface area contributed by atoms with Crippen LogP contribution in [0.4, 0.5) is 33.2 Å². The maximum Gasteiger partial charge on any atom is 0.250 e. The van der Waals surface area contributed by atoms with Crippen molar-refractivity contribution in [3.05, 3.63) is 72.2 Å². The van der Waals surface area contributed by atoms with Crippen LogP contribution in [0.5, 0.6) is 5.75 Å². The molecule has 1 spiro atoms. The number of likely N-dealkylation sites (N-methyl/N-ethyl adjacent to an activating group) is 1. The molecule has 2 aliphatic rings. The van der Waals surface area contributed by atoms with Gasteiger partial charge in [0, 0.05) is 48.8 Å². The molecule has 2 heterocycles. The number of benzene rings is 2. The van der Waals surface area contributed by atoms with Crippen LogP contribution in [-0.4, -0.2) is 68.3 Å². The van der Waals surface area contributed by atoms with E-state index in [1.54, 1.807) is 13.2 Å². The van der Waals surface area contributed by atoms with Crippen molar-refractivity contribution in [2.75, 3.05) is 63.0 Å². The van der Waals surface area contributed by atoms with E-state index in [9.17, 15) is 9.18 Å². The number of carbonyl (C=O) groups is 1. The van der Waals surface area contributed by atoms with Crippen LogP contribution in [0.2, 0.25) is 0 Å². The minimum absolute atomic E-state index is 0.0369. The molecule has 10 heteroatoms. The smallest absolute Gasteiger partial charge is 0.250 e. The second-order valence-electron chi connectivity index (χ2n) is 10.1.